The highest BCUT2D eigenvalue weighted by Crippen LogP contribution is 2.52. The topological polar surface area (TPSA) is 88.4 Å². The van der Waals surface area contributed by atoms with Gasteiger partial charge in [0.1, 0.15) is 34.5 Å². The van der Waals surface area contributed by atoms with Crippen molar-refractivity contribution in [2.24, 2.45) is 0 Å². The van der Waals surface area contributed by atoms with Crippen LogP contribution in [-0.4, -0.2) is 36.1 Å². The Balaban J connectivity index is 1.94. The maximum atomic E-state index is 10.9. The lowest BCUT2D eigenvalue weighted by atomic mass is 9.75. The minimum Gasteiger partial charge on any atom is -0.508 e. The Morgan fingerprint density at radius 2 is 1.59 bits per heavy atom. The van der Waals surface area contributed by atoms with Crippen molar-refractivity contribution in [2.75, 3.05) is 20.8 Å². The fourth-order valence-electron chi connectivity index (χ4n) is 3.95. The van der Waals surface area contributed by atoms with Crippen molar-refractivity contribution < 1.29 is 29.5 Å². The van der Waals surface area contributed by atoms with Crippen LogP contribution in [-0.2, 0) is 0 Å². The molecule has 4 rings (SSSR count). The lowest BCUT2D eigenvalue weighted by Crippen LogP contribution is -2.25. The van der Waals surface area contributed by atoms with Gasteiger partial charge in [-0.05, 0) is 23.8 Å². The summed E-state index contributed by atoms with van der Waals surface area (Å²) >= 11 is 0. The molecular formula is C23H22O6. The van der Waals surface area contributed by atoms with Crippen LogP contribution in [0.5, 0.6) is 34.5 Å². The Hall–Kier alpha value is -3.54. The molecule has 0 unspecified atom stereocenters. The normalized spacial score (nSPS) is 17.9. The molecule has 29 heavy (non-hydrogen) atoms. The number of phenolic OH excluding ortho intramolecular Hbond substituents is 3. The average Bonchev–Trinajstić information content (AvgIpc) is 2.73. The standard InChI is InChI=1S/C23H22O6/c1-27-16-10-19(26)23(21(11-16)28-2)22-17-8-7-15(25)9-20(17)29-12-18(22)13-3-5-14(24)6-4-13/h3-11,18,22,24-26H,12H2,1-2H3/t18-,22+/m1/s1. The first-order valence-electron chi connectivity index (χ1n) is 9.21. The van der Waals surface area contributed by atoms with E-state index in [0.717, 1.165) is 11.1 Å². The molecule has 6 nitrogen and oxygen atoms in total. The van der Waals surface area contributed by atoms with Gasteiger partial charge in [-0.3, -0.25) is 0 Å². The molecule has 1 aliphatic rings. The quantitative estimate of drug-likeness (QED) is 0.617. The molecule has 3 aromatic carbocycles. The van der Waals surface area contributed by atoms with Crippen molar-refractivity contribution in [3.63, 3.8) is 0 Å². The Morgan fingerprint density at radius 1 is 0.862 bits per heavy atom. The van der Waals surface area contributed by atoms with Crippen LogP contribution in [0.2, 0.25) is 0 Å². The largest absolute Gasteiger partial charge is 0.508 e. The van der Waals surface area contributed by atoms with E-state index in [9.17, 15) is 15.3 Å². The van der Waals surface area contributed by atoms with E-state index >= 15 is 0 Å². The molecule has 0 fully saturated rings. The van der Waals surface area contributed by atoms with Gasteiger partial charge in [0.2, 0.25) is 0 Å². The minimum atomic E-state index is -0.301. The molecule has 3 N–H and O–H groups in total. The molecule has 0 spiro atoms. The van der Waals surface area contributed by atoms with Crippen LogP contribution in [0, 0.1) is 0 Å². The van der Waals surface area contributed by atoms with Crippen LogP contribution in [0.4, 0.5) is 0 Å². The van der Waals surface area contributed by atoms with Crippen molar-refractivity contribution >= 4 is 0 Å². The van der Waals surface area contributed by atoms with E-state index in [2.05, 4.69) is 0 Å². The molecular weight excluding hydrogens is 372 g/mol. The zero-order valence-corrected chi connectivity index (χ0v) is 16.1. The number of hydrogen-bond donors (Lipinski definition) is 3. The first-order chi connectivity index (χ1) is 14.0. The SMILES string of the molecule is COc1cc(O)c([C@H]2c3ccc(O)cc3OC[C@@H]2c2ccc(O)cc2)c(OC)c1. The zero-order valence-electron chi connectivity index (χ0n) is 16.1. The van der Waals surface area contributed by atoms with Crippen molar-refractivity contribution in [2.45, 2.75) is 11.8 Å². The van der Waals surface area contributed by atoms with Gasteiger partial charge in [0, 0.05) is 41.2 Å². The van der Waals surface area contributed by atoms with Crippen LogP contribution >= 0.6 is 0 Å². The monoisotopic (exact) mass is 394 g/mol. The summed E-state index contributed by atoms with van der Waals surface area (Å²) in [5, 5.41) is 30.4. The predicted molar refractivity (Wildman–Crippen MR) is 108 cm³/mol. The summed E-state index contributed by atoms with van der Waals surface area (Å²) in [6.45, 7) is 0.334. The fraction of sp³-hybridized carbons (Fsp3) is 0.217. The maximum absolute atomic E-state index is 10.9. The van der Waals surface area contributed by atoms with Gasteiger partial charge in [-0.25, -0.2) is 0 Å². The molecule has 0 radical (unpaired) electrons. The number of hydrogen-bond acceptors (Lipinski definition) is 6. The maximum Gasteiger partial charge on any atom is 0.130 e. The van der Waals surface area contributed by atoms with Crippen LogP contribution in [0.3, 0.4) is 0 Å². The first-order valence-corrected chi connectivity index (χ1v) is 9.21. The van der Waals surface area contributed by atoms with E-state index in [-0.39, 0.29) is 29.1 Å². The first kappa shape index (κ1) is 18.8. The summed E-state index contributed by atoms with van der Waals surface area (Å²) in [5.41, 5.74) is 2.39. The van der Waals surface area contributed by atoms with Gasteiger partial charge >= 0.3 is 0 Å². The van der Waals surface area contributed by atoms with Crippen molar-refractivity contribution in [1.29, 1.82) is 0 Å². The second-order valence-corrected chi connectivity index (χ2v) is 6.97. The lowest BCUT2D eigenvalue weighted by molar-refractivity contribution is 0.244. The summed E-state index contributed by atoms with van der Waals surface area (Å²) < 4.78 is 16.8. The summed E-state index contributed by atoms with van der Waals surface area (Å²) in [4.78, 5) is 0. The highest BCUT2D eigenvalue weighted by atomic mass is 16.5. The van der Waals surface area contributed by atoms with E-state index in [4.69, 9.17) is 14.2 Å². The number of methoxy groups -OCH3 is 2. The van der Waals surface area contributed by atoms with Crippen LogP contribution in [0.15, 0.2) is 54.6 Å². The van der Waals surface area contributed by atoms with Crippen molar-refractivity contribution in [1.82, 2.24) is 0 Å². The molecule has 2 atom stereocenters. The zero-order chi connectivity index (χ0) is 20.5. The van der Waals surface area contributed by atoms with E-state index in [0.29, 0.717) is 29.4 Å². The van der Waals surface area contributed by atoms with Crippen molar-refractivity contribution in [3.05, 3.63) is 71.3 Å². The van der Waals surface area contributed by atoms with Gasteiger partial charge in [-0.1, -0.05) is 18.2 Å². The summed E-state index contributed by atoms with van der Waals surface area (Å²) in [5.74, 6) is 1.43. The van der Waals surface area contributed by atoms with Gasteiger partial charge in [0.15, 0.2) is 0 Å². The van der Waals surface area contributed by atoms with E-state index < -0.39 is 0 Å². The molecule has 3 aromatic rings. The molecule has 0 saturated carbocycles. The highest BCUT2D eigenvalue weighted by Gasteiger charge is 2.37. The summed E-state index contributed by atoms with van der Waals surface area (Å²) in [7, 11) is 3.07. The van der Waals surface area contributed by atoms with Crippen molar-refractivity contribution in [3.8, 4) is 34.5 Å². The third kappa shape index (κ3) is 3.38. The molecule has 1 aliphatic heterocycles. The Kier molecular flexibility index (Phi) is 4.84. The average molecular weight is 394 g/mol. The van der Waals surface area contributed by atoms with E-state index in [1.54, 1.807) is 49.6 Å². The van der Waals surface area contributed by atoms with Crippen LogP contribution in [0.25, 0.3) is 0 Å². The number of aromatic hydroxyl groups is 3. The molecule has 0 aliphatic carbocycles. The van der Waals surface area contributed by atoms with Crippen LogP contribution < -0.4 is 14.2 Å². The lowest BCUT2D eigenvalue weighted by Gasteiger charge is -2.35. The number of phenols is 3. The summed E-state index contributed by atoms with van der Waals surface area (Å²) in [6.07, 6.45) is 0. The molecule has 0 aromatic heterocycles. The highest BCUT2D eigenvalue weighted by molar-refractivity contribution is 5.59. The molecule has 0 bridgehead atoms. The smallest absolute Gasteiger partial charge is 0.130 e. The minimum absolute atomic E-state index is 0.0518. The molecule has 0 saturated heterocycles. The van der Waals surface area contributed by atoms with Crippen LogP contribution in [0.1, 0.15) is 28.5 Å². The molecule has 0 amide bonds. The Labute approximate surface area is 168 Å². The second kappa shape index (κ2) is 7.47. The fourth-order valence-corrected chi connectivity index (χ4v) is 3.95. The molecule has 1 heterocycles. The van der Waals surface area contributed by atoms with E-state index in [1.807, 2.05) is 12.1 Å². The number of rotatable bonds is 4. The molecule has 6 heteroatoms. The number of ether oxygens (including phenoxy) is 3. The number of benzene rings is 3. The Bertz CT molecular complexity index is 1030. The third-order valence-electron chi connectivity index (χ3n) is 5.33. The predicted octanol–water partition coefficient (Wildman–Crippen LogP) is 4.13. The third-order valence-corrected chi connectivity index (χ3v) is 5.33. The second-order valence-electron chi connectivity index (χ2n) is 6.97. The van der Waals surface area contributed by atoms with Gasteiger partial charge in [-0.2, -0.15) is 0 Å². The van der Waals surface area contributed by atoms with Gasteiger partial charge in [-0.15, -0.1) is 0 Å². The van der Waals surface area contributed by atoms with Gasteiger partial charge < -0.3 is 29.5 Å². The number of fused-ring (bicyclic) bond motifs is 1. The van der Waals surface area contributed by atoms with Gasteiger partial charge in [0.05, 0.1) is 20.8 Å². The van der Waals surface area contributed by atoms with E-state index in [1.165, 1.54) is 7.11 Å². The summed E-state index contributed by atoms with van der Waals surface area (Å²) in [6, 6.07) is 15.2. The Morgan fingerprint density at radius 3 is 2.28 bits per heavy atom. The molecule has 150 valence electrons. The van der Waals surface area contributed by atoms with Gasteiger partial charge in [0.25, 0.3) is 0 Å².